The molecule has 0 fully saturated rings. The van der Waals surface area contributed by atoms with Gasteiger partial charge in [-0.2, -0.15) is 0 Å². The molecule has 0 amide bonds. The molecule has 0 saturated heterocycles. The van der Waals surface area contributed by atoms with Gasteiger partial charge in [-0.15, -0.1) is 0 Å². The molecule has 0 bridgehead atoms. The molecule has 106 valence electrons. The van der Waals surface area contributed by atoms with Crippen LogP contribution in [0.1, 0.15) is 17.5 Å². The molecule has 0 heterocycles. The zero-order valence-electron chi connectivity index (χ0n) is 10.8. The summed E-state index contributed by atoms with van der Waals surface area (Å²) in [5.41, 5.74) is 0.182. The highest BCUT2D eigenvalue weighted by molar-refractivity contribution is 6.68. The first kappa shape index (κ1) is 15.7. The van der Waals surface area contributed by atoms with Gasteiger partial charge in [0.2, 0.25) is 3.79 Å². The standard InChI is InChI=1S/C16H15Cl3O/c17-16(18,19)15(20,14-9-5-2-6-10-14)12-11-13-7-3-1-4-8-13/h1-10,20H,11-12H2. The highest BCUT2D eigenvalue weighted by Gasteiger charge is 2.47. The predicted molar refractivity (Wildman–Crippen MR) is 85.4 cm³/mol. The Morgan fingerprint density at radius 2 is 1.30 bits per heavy atom. The number of hydrogen-bond acceptors (Lipinski definition) is 1. The van der Waals surface area contributed by atoms with Gasteiger partial charge in [-0.05, 0) is 24.0 Å². The van der Waals surface area contributed by atoms with Crippen LogP contribution in [0.2, 0.25) is 0 Å². The number of aliphatic hydroxyl groups is 1. The van der Waals surface area contributed by atoms with Crippen LogP contribution in [-0.2, 0) is 12.0 Å². The second-order valence-electron chi connectivity index (χ2n) is 4.71. The number of hydrogen-bond donors (Lipinski definition) is 1. The van der Waals surface area contributed by atoms with Gasteiger partial charge >= 0.3 is 0 Å². The van der Waals surface area contributed by atoms with Gasteiger partial charge in [-0.3, -0.25) is 0 Å². The molecule has 0 spiro atoms. The van der Waals surface area contributed by atoms with E-state index in [1.165, 1.54) is 0 Å². The molecule has 2 aromatic rings. The number of benzene rings is 2. The molecular weight excluding hydrogens is 315 g/mol. The van der Waals surface area contributed by atoms with E-state index in [4.69, 9.17) is 34.8 Å². The fraction of sp³-hybridized carbons (Fsp3) is 0.250. The van der Waals surface area contributed by atoms with Crippen LogP contribution in [0.15, 0.2) is 60.7 Å². The molecule has 0 aliphatic heterocycles. The lowest BCUT2D eigenvalue weighted by molar-refractivity contribution is 0.0315. The Morgan fingerprint density at radius 1 is 0.800 bits per heavy atom. The minimum absolute atomic E-state index is 0.331. The molecule has 1 unspecified atom stereocenters. The Kier molecular flexibility index (Phi) is 4.98. The van der Waals surface area contributed by atoms with Crippen LogP contribution in [-0.4, -0.2) is 8.90 Å². The van der Waals surface area contributed by atoms with Crippen molar-refractivity contribution in [1.29, 1.82) is 0 Å². The van der Waals surface area contributed by atoms with E-state index >= 15 is 0 Å². The average Bonchev–Trinajstić information content (AvgIpc) is 2.45. The van der Waals surface area contributed by atoms with Crippen LogP contribution in [0.25, 0.3) is 0 Å². The van der Waals surface area contributed by atoms with Crippen molar-refractivity contribution in [3.8, 4) is 0 Å². The van der Waals surface area contributed by atoms with Crippen molar-refractivity contribution in [2.24, 2.45) is 0 Å². The third-order valence-corrected chi connectivity index (χ3v) is 4.28. The minimum Gasteiger partial charge on any atom is -0.381 e. The predicted octanol–water partition coefficient (Wildman–Crippen LogP) is 4.88. The molecular formula is C16H15Cl3O. The van der Waals surface area contributed by atoms with Gasteiger partial charge in [0.1, 0.15) is 5.60 Å². The number of aryl methyl sites for hydroxylation is 1. The van der Waals surface area contributed by atoms with Gasteiger partial charge in [-0.25, -0.2) is 0 Å². The highest BCUT2D eigenvalue weighted by Crippen LogP contribution is 2.47. The molecule has 4 heteroatoms. The molecule has 0 aliphatic rings. The molecule has 0 radical (unpaired) electrons. The third-order valence-electron chi connectivity index (χ3n) is 3.34. The van der Waals surface area contributed by atoms with Crippen molar-refractivity contribution in [3.05, 3.63) is 71.8 Å². The summed E-state index contributed by atoms with van der Waals surface area (Å²) in [6.07, 6.45) is 0.956. The maximum atomic E-state index is 10.9. The quantitative estimate of drug-likeness (QED) is 0.793. The molecule has 20 heavy (non-hydrogen) atoms. The molecule has 2 aromatic carbocycles. The van der Waals surface area contributed by atoms with E-state index in [0.29, 0.717) is 18.4 Å². The monoisotopic (exact) mass is 328 g/mol. The summed E-state index contributed by atoms with van der Waals surface area (Å²) < 4.78 is -1.79. The summed E-state index contributed by atoms with van der Waals surface area (Å²) in [6.45, 7) is 0. The number of alkyl halides is 3. The van der Waals surface area contributed by atoms with E-state index < -0.39 is 9.39 Å². The average molecular weight is 330 g/mol. The van der Waals surface area contributed by atoms with Crippen LogP contribution in [0, 0.1) is 0 Å². The second kappa shape index (κ2) is 6.36. The summed E-state index contributed by atoms with van der Waals surface area (Å²) in [4.78, 5) is 0. The van der Waals surface area contributed by atoms with Gasteiger partial charge in [-0.1, -0.05) is 95.5 Å². The van der Waals surface area contributed by atoms with Crippen molar-refractivity contribution in [1.82, 2.24) is 0 Å². The molecule has 0 aromatic heterocycles. The van der Waals surface area contributed by atoms with Gasteiger partial charge in [0.05, 0.1) is 0 Å². The lowest BCUT2D eigenvalue weighted by Gasteiger charge is -2.35. The van der Waals surface area contributed by atoms with E-state index in [1.54, 1.807) is 12.1 Å². The summed E-state index contributed by atoms with van der Waals surface area (Å²) in [7, 11) is 0. The number of rotatable bonds is 4. The van der Waals surface area contributed by atoms with Crippen LogP contribution < -0.4 is 0 Å². The Bertz CT molecular complexity index is 537. The van der Waals surface area contributed by atoms with E-state index in [2.05, 4.69) is 0 Å². The molecule has 0 aliphatic carbocycles. The SMILES string of the molecule is OC(CCc1ccccc1)(c1ccccc1)C(Cl)(Cl)Cl. The largest absolute Gasteiger partial charge is 0.381 e. The van der Waals surface area contributed by atoms with Crippen molar-refractivity contribution >= 4 is 34.8 Å². The summed E-state index contributed by atoms with van der Waals surface area (Å²) in [5.74, 6) is 0. The Balaban J connectivity index is 2.25. The van der Waals surface area contributed by atoms with E-state index in [9.17, 15) is 5.11 Å². The highest BCUT2D eigenvalue weighted by atomic mass is 35.6. The maximum Gasteiger partial charge on any atom is 0.222 e. The first-order valence-corrected chi connectivity index (χ1v) is 7.45. The van der Waals surface area contributed by atoms with Gasteiger partial charge in [0, 0.05) is 0 Å². The topological polar surface area (TPSA) is 20.2 Å². The van der Waals surface area contributed by atoms with Gasteiger partial charge in [0.25, 0.3) is 0 Å². The summed E-state index contributed by atoms with van der Waals surface area (Å²) in [5, 5.41) is 10.9. The van der Waals surface area contributed by atoms with Crippen LogP contribution in [0.3, 0.4) is 0 Å². The van der Waals surface area contributed by atoms with Gasteiger partial charge in [0.15, 0.2) is 0 Å². The molecule has 1 N–H and O–H groups in total. The third kappa shape index (κ3) is 3.48. The van der Waals surface area contributed by atoms with Crippen molar-refractivity contribution < 1.29 is 5.11 Å². The Morgan fingerprint density at radius 3 is 1.80 bits per heavy atom. The zero-order chi connectivity index (χ0) is 14.6. The van der Waals surface area contributed by atoms with E-state index in [1.807, 2.05) is 48.5 Å². The maximum absolute atomic E-state index is 10.9. The van der Waals surface area contributed by atoms with Crippen molar-refractivity contribution in [3.63, 3.8) is 0 Å². The first-order valence-electron chi connectivity index (χ1n) is 6.32. The summed E-state index contributed by atoms with van der Waals surface area (Å²) >= 11 is 18.1. The minimum atomic E-state index is -1.79. The first-order chi connectivity index (χ1) is 9.43. The molecule has 1 atom stereocenters. The molecule has 1 nitrogen and oxygen atoms in total. The van der Waals surface area contributed by atoms with Crippen LogP contribution in [0.4, 0.5) is 0 Å². The van der Waals surface area contributed by atoms with Crippen LogP contribution >= 0.6 is 34.8 Å². The van der Waals surface area contributed by atoms with Gasteiger partial charge < -0.3 is 5.11 Å². The fourth-order valence-corrected chi connectivity index (χ4v) is 2.74. The van der Waals surface area contributed by atoms with Crippen molar-refractivity contribution in [2.45, 2.75) is 22.2 Å². The lowest BCUT2D eigenvalue weighted by atomic mass is 9.89. The van der Waals surface area contributed by atoms with E-state index in [-0.39, 0.29) is 0 Å². The Hall–Kier alpha value is -0.730. The normalized spacial score (nSPS) is 14.8. The number of halogens is 3. The van der Waals surface area contributed by atoms with E-state index in [0.717, 1.165) is 5.56 Å². The second-order valence-corrected chi connectivity index (χ2v) is 6.99. The summed E-state index contributed by atoms with van der Waals surface area (Å²) in [6, 6.07) is 18.9. The zero-order valence-corrected chi connectivity index (χ0v) is 13.0. The van der Waals surface area contributed by atoms with Crippen molar-refractivity contribution in [2.75, 3.05) is 0 Å². The smallest absolute Gasteiger partial charge is 0.222 e. The lowest BCUT2D eigenvalue weighted by Crippen LogP contribution is -2.40. The van der Waals surface area contributed by atoms with Crippen LogP contribution in [0.5, 0.6) is 0 Å². The Labute approximate surface area is 134 Å². The molecule has 0 saturated carbocycles. The molecule has 2 rings (SSSR count). The fourth-order valence-electron chi connectivity index (χ4n) is 2.13.